The van der Waals surface area contributed by atoms with Crippen molar-refractivity contribution in [2.24, 2.45) is 0 Å². The molecule has 0 saturated carbocycles. The first-order chi connectivity index (χ1) is 9.31. The monoisotopic (exact) mass is 277 g/mol. The van der Waals surface area contributed by atoms with Crippen LogP contribution in [0.5, 0.6) is 0 Å². The second-order valence-corrected chi connectivity index (χ2v) is 5.84. The minimum atomic E-state index is -0.507. The third-order valence-electron chi connectivity index (χ3n) is 2.71. The van der Waals surface area contributed by atoms with Crippen LogP contribution < -0.4 is 5.32 Å². The molecule has 4 heteroatoms. The number of anilines is 1. The van der Waals surface area contributed by atoms with Gasteiger partial charge >= 0.3 is 6.09 Å². The predicted molar refractivity (Wildman–Crippen MR) is 80.0 cm³/mol. The molecule has 0 aromatic heterocycles. The number of rotatable bonds is 5. The average molecular weight is 277 g/mol. The van der Waals surface area contributed by atoms with E-state index in [-0.39, 0.29) is 0 Å². The van der Waals surface area contributed by atoms with E-state index in [1.54, 1.807) is 0 Å². The standard InChI is InChI=1S/C16H23NO3/c1-12-11-13(7-5-6-10-18)8-9-14(12)17-15(19)20-16(2,3)4/h8-11H,5-7H2,1-4H3,(H,17,19). The van der Waals surface area contributed by atoms with Gasteiger partial charge < -0.3 is 9.53 Å². The van der Waals surface area contributed by atoms with Gasteiger partial charge in [-0.3, -0.25) is 5.32 Å². The van der Waals surface area contributed by atoms with Crippen molar-refractivity contribution in [3.8, 4) is 0 Å². The fourth-order valence-corrected chi connectivity index (χ4v) is 1.82. The Kier molecular flexibility index (Phi) is 5.74. The minimum Gasteiger partial charge on any atom is -0.444 e. The molecule has 1 amide bonds. The summed E-state index contributed by atoms with van der Waals surface area (Å²) in [6, 6.07) is 5.86. The normalized spacial score (nSPS) is 11.0. The Bertz CT molecular complexity index is 475. The lowest BCUT2D eigenvalue weighted by Gasteiger charge is -2.20. The van der Waals surface area contributed by atoms with E-state index >= 15 is 0 Å². The van der Waals surface area contributed by atoms with E-state index in [2.05, 4.69) is 5.32 Å². The van der Waals surface area contributed by atoms with Gasteiger partial charge in [0.25, 0.3) is 0 Å². The molecule has 110 valence electrons. The zero-order chi connectivity index (χ0) is 15.2. The summed E-state index contributed by atoms with van der Waals surface area (Å²) in [5.41, 5.74) is 2.39. The van der Waals surface area contributed by atoms with E-state index in [9.17, 15) is 9.59 Å². The molecule has 1 rings (SSSR count). The number of aryl methyl sites for hydroxylation is 2. The molecule has 0 bridgehead atoms. The molecule has 0 radical (unpaired) electrons. The molecule has 0 saturated heterocycles. The number of hydrogen-bond acceptors (Lipinski definition) is 3. The van der Waals surface area contributed by atoms with Crippen molar-refractivity contribution in [1.82, 2.24) is 0 Å². The van der Waals surface area contributed by atoms with E-state index in [0.717, 1.165) is 30.4 Å². The fourth-order valence-electron chi connectivity index (χ4n) is 1.82. The average Bonchev–Trinajstić information content (AvgIpc) is 2.30. The quantitative estimate of drug-likeness (QED) is 0.656. The second kappa shape index (κ2) is 7.08. The number of ether oxygens (including phenoxy) is 1. The van der Waals surface area contributed by atoms with Crippen LogP contribution in [0.4, 0.5) is 10.5 Å². The summed E-state index contributed by atoms with van der Waals surface area (Å²) in [6.07, 6.45) is 2.78. The van der Waals surface area contributed by atoms with Crippen LogP contribution in [0.15, 0.2) is 18.2 Å². The van der Waals surface area contributed by atoms with Crippen LogP contribution in [-0.2, 0) is 16.0 Å². The molecule has 0 fully saturated rings. The Morgan fingerprint density at radius 2 is 2.05 bits per heavy atom. The molecule has 0 aliphatic rings. The Balaban J connectivity index is 2.64. The number of unbranched alkanes of at least 4 members (excludes halogenated alkanes) is 1. The minimum absolute atomic E-state index is 0.450. The summed E-state index contributed by atoms with van der Waals surface area (Å²) in [4.78, 5) is 22.0. The van der Waals surface area contributed by atoms with E-state index in [0.29, 0.717) is 6.42 Å². The first-order valence-corrected chi connectivity index (χ1v) is 6.85. The van der Waals surface area contributed by atoms with Gasteiger partial charge in [-0.2, -0.15) is 0 Å². The van der Waals surface area contributed by atoms with Crippen molar-refractivity contribution < 1.29 is 14.3 Å². The van der Waals surface area contributed by atoms with Crippen molar-refractivity contribution in [3.05, 3.63) is 29.3 Å². The SMILES string of the molecule is Cc1cc(CCCC=O)ccc1NC(=O)OC(C)(C)C. The van der Waals surface area contributed by atoms with Crippen LogP contribution in [0.1, 0.15) is 44.7 Å². The highest BCUT2D eigenvalue weighted by atomic mass is 16.6. The fraction of sp³-hybridized carbons (Fsp3) is 0.500. The topological polar surface area (TPSA) is 55.4 Å². The van der Waals surface area contributed by atoms with Gasteiger partial charge in [0.2, 0.25) is 0 Å². The van der Waals surface area contributed by atoms with Gasteiger partial charge in [0.05, 0.1) is 0 Å². The molecule has 0 unspecified atom stereocenters. The Labute approximate surface area is 120 Å². The van der Waals surface area contributed by atoms with Crippen LogP contribution >= 0.6 is 0 Å². The highest BCUT2D eigenvalue weighted by molar-refractivity contribution is 5.85. The lowest BCUT2D eigenvalue weighted by molar-refractivity contribution is -0.107. The van der Waals surface area contributed by atoms with Crippen molar-refractivity contribution >= 4 is 18.1 Å². The van der Waals surface area contributed by atoms with Gasteiger partial charge in [-0.15, -0.1) is 0 Å². The van der Waals surface area contributed by atoms with E-state index in [1.165, 1.54) is 5.56 Å². The highest BCUT2D eigenvalue weighted by Crippen LogP contribution is 2.19. The maximum atomic E-state index is 11.7. The zero-order valence-electron chi connectivity index (χ0n) is 12.7. The van der Waals surface area contributed by atoms with E-state index in [1.807, 2.05) is 45.9 Å². The number of carbonyl (C=O) groups is 2. The molecule has 1 aromatic rings. The second-order valence-electron chi connectivity index (χ2n) is 5.84. The summed E-state index contributed by atoms with van der Waals surface area (Å²) in [5.74, 6) is 0. The van der Waals surface area contributed by atoms with Gasteiger partial charge in [0.1, 0.15) is 11.9 Å². The summed E-state index contributed by atoms with van der Waals surface area (Å²) < 4.78 is 5.22. The Hall–Kier alpha value is -1.84. The molecular weight excluding hydrogens is 254 g/mol. The molecule has 0 aliphatic heterocycles. The molecule has 4 nitrogen and oxygen atoms in total. The molecule has 1 N–H and O–H groups in total. The van der Waals surface area contributed by atoms with Crippen LogP contribution in [0.25, 0.3) is 0 Å². The smallest absolute Gasteiger partial charge is 0.412 e. The molecule has 1 aromatic carbocycles. The summed E-state index contributed by atoms with van der Waals surface area (Å²) in [5, 5.41) is 2.74. The van der Waals surface area contributed by atoms with Crippen LogP contribution in [0, 0.1) is 6.92 Å². The van der Waals surface area contributed by atoms with Gasteiger partial charge in [0.15, 0.2) is 0 Å². The number of hydrogen-bond donors (Lipinski definition) is 1. The number of benzene rings is 1. The molecule has 0 aliphatic carbocycles. The largest absolute Gasteiger partial charge is 0.444 e. The van der Waals surface area contributed by atoms with Gasteiger partial charge in [0, 0.05) is 12.1 Å². The summed E-state index contributed by atoms with van der Waals surface area (Å²) in [6.45, 7) is 7.43. The Morgan fingerprint density at radius 3 is 2.60 bits per heavy atom. The van der Waals surface area contributed by atoms with Crippen LogP contribution in [0.2, 0.25) is 0 Å². The third kappa shape index (κ3) is 5.87. The summed E-state index contributed by atoms with van der Waals surface area (Å²) >= 11 is 0. The highest BCUT2D eigenvalue weighted by Gasteiger charge is 2.16. The van der Waals surface area contributed by atoms with Crippen molar-refractivity contribution in [2.45, 2.75) is 52.6 Å². The molecular formula is C16H23NO3. The first kappa shape index (κ1) is 16.2. The van der Waals surface area contributed by atoms with E-state index in [4.69, 9.17) is 4.74 Å². The Morgan fingerprint density at radius 1 is 1.35 bits per heavy atom. The van der Waals surface area contributed by atoms with Crippen molar-refractivity contribution in [2.75, 3.05) is 5.32 Å². The number of amides is 1. The molecule has 0 heterocycles. The van der Waals surface area contributed by atoms with E-state index < -0.39 is 11.7 Å². The van der Waals surface area contributed by atoms with Gasteiger partial charge in [-0.25, -0.2) is 4.79 Å². The van der Waals surface area contributed by atoms with Gasteiger partial charge in [-0.05, 0) is 57.7 Å². The van der Waals surface area contributed by atoms with Gasteiger partial charge in [-0.1, -0.05) is 12.1 Å². The lowest BCUT2D eigenvalue weighted by Crippen LogP contribution is -2.27. The maximum Gasteiger partial charge on any atom is 0.412 e. The number of nitrogens with one attached hydrogen (secondary N) is 1. The molecule has 20 heavy (non-hydrogen) atoms. The molecule has 0 spiro atoms. The summed E-state index contributed by atoms with van der Waals surface area (Å²) in [7, 11) is 0. The number of aldehydes is 1. The lowest BCUT2D eigenvalue weighted by atomic mass is 10.0. The molecule has 0 atom stereocenters. The predicted octanol–water partition coefficient (Wildman–Crippen LogP) is 3.86. The zero-order valence-corrected chi connectivity index (χ0v) is 12.7. The van der Waals surface area contributed by atoms with Crippen LogP contribution in [-0.4, -0.2) is 18.0 Å². The maximum absolute atomic E-state index is 11.7. The van der Waals surface area contributed by atoms with Crippen molar-refractivity contribution in [3.63, 3.8) is 0 Å². The first-order valence-electron chi connectivity index (χ1n) is 6.85. The van der Waals surface area contributed by atoms with Crippen LogP contribution in [0.3, 0.4) is 0 Å². The number of carbonyl (C=O) groups excluding carboxylic acids is 2. The van der Waals surface area contributed by atoms with Crippen molar-refractivity contribution in [1.29, 1.82) is 0 Å². The third-order valence-corrected chi connectivity index (χ3v) is 2.71.